The molecule has 0 atom stereocenters. The third kappa shape index (κ3) is 14.6. The number of aromatic nitrogens is 3. The maximum Gasteiger partial charge on any atom is 0.313 e. The summed E-state index contributed by atoms with van der Waals surface area (Å²) in [6.07, 6.45) is 12.8. The average molecular weight is 462 g/mol. The van der Waals surface area contributed by atoms with Gasteiger partial charge in [0.05, 0.1) is 11.5 Å². The SMILES string of the molecule is CCCCCCCCCCCCSc1nc(SCC(=O)O)nc(SCC(=O)O)n1. The van der Waals surface area contributed by atoms with Gasteiger partial charge in [0, 0.05) is 5.75 Å². The molecule has 1 rings (SSSR count). The number of rotatable bonds is 18. The van der Waals surface area contributed by atoms with Gasteiger partial charge in [0.1, 0.15) is 0 Å². The van der Waals surface area contributed by atoms with Crippen LogP contribution in [-0.2, 0) is 9.59 Å². The van der Waals surface area contributed by atoms with Crippen molar-refractivity contribution < 1.29 is 19.8 Å². The molecule has 164 valence electrons. The Hall–Kier alpha value is -1.00. The summed E-state index contributed by atoms with van der Waals surface area (Å²) >= 11 is 3.54. The molecule has 1 heterocycles. The monoisotopic (exact) mass is 461 g/mol. The standard InChI is InChI=1S/C19H31N3O4S3/c1-2-3-4-5-6-7-8-9-10-11-12-27-17-20-18(28-13-15(23)24)22-19(21-17)29-14-16(25)26/h2-14H2,1H3,(H,23,24)(H,25,26). The predicted octanol–water partition coefficient (Wildman–Crippen LogP) is 5.24. The molecule has 0 aliphatic heterocycles. The number of aliphatic carboxylic acids is 2. The largest absolute Gasteiger partial charge is 0.481 e. The summed E-state index contributed by atoms with van der Waals surface area (Å²) in [6.45, 7) is 2.24. The zero-order chi connectivity index (χ0) is 21.3. The van der Waals surface area contributed by atoms with Gasteiger partial charge in [0.2, 0.25) is 0 Å². The van der Waals surface area contributed by atoms with Crippen molar-refractivity contribution in [3.05, 3.63) is 0 Å². The molecule has 0 unspecified atom stereocenters. The van der Waals surface area contributed by atoms with E-state index in [0.717, 1.165) is 35.7 Å². The van der Waals surface area contributed by atoms with E-state index in [2.05, 4.69) is 21.9 Å². The molecule has 0 spiro atoms. The third-order valence-corrected chi connectivity index (χ3v) is 6.55. The first-order chi connectivity index (χ1) is 14.0. The van der Waals surface area contributed by atoms with Crippen LogP contribution in [0, 0.1) is 0 Å². The van der Waals surface area contributed by atoms with Crippen LogP contribution < -0.4 is 0 Å². The lowest BCUT2D eigenvalue weighted by Crippen LogP contribution is -2.04. The molecule has 10 heteroatoms. The van der Waals surface area contributed by atoms with Gasteiger partial charge in [-0.25, -0.2) is 0 Å². The second-order valence-electron chi connectivity index (χ2n) is 6.58. The Bertz CT molecular complexity index is 584. The maximum absolute atomic E-state index is 10.8. The van der Waals surface area contributed by atoms with Crippen molar-refractivity contribution in [1.29, 1.82) is 0 Å². The van der Waals surface area contributed by atoms with Crippen molar-refractivity contribution in [2.45, 2.75) is 86.6 Å². The van der Waals surface area contributed by atoms with E-state index in [1.807, 2.05) is 0 Å². The molecule has 0 aliphatic carbocycles. The normalized spacial score (nSPS) is 10.9. The highest BCUT2D eigenvalue weighted by Gasteiger charge is 2.11. The molecule has 1 aromatic heterocycles. The number of thioether (sulfide) groups is 3. The summed E-state index contributed by atoms with van der Waals surface area (Å²) in [6, 6.07) is 0. The van der Waals surface area contributed by atoms with Crippen molar-refractivity contribution in [1.82, 2.24) is 15.0 Å². The van der Waals surface area contributed by atoms with Gasteiger partial charge < -0.3 is 10.2 Å². The highest BCUT2D eigenvalue weighted by atomic mass is 32.2. The van der Waals surface area contributed by atoms with Gasteiger partial charge in [-0.1, -0.05) is 100.0 Å². The quantitative estimate of drug-likeness (QED) is 0.222. The van der Waals surface area contributed by atoms with E-state index in [9.17, 15) is 9.59 Å². The van der Waals surface area contributed by atoms with Gasteiger partial charge >= 0.3 is 11.9 Å². The van der Waals surface area contributed by atoms with Gasteiger partial charge in [-0.05, 0) is 6.42 Å². The molecule has 0 saturated carbocycles. The van der Waals surface area contributed by atoms with E-state index >= 15 is 0 Å². The number of carboxylic acids is 2. The predicted molar refractivity (Wildman–Crippen MR) is 119 cm³/mol. The fourth-order valence-corrected chi connectivity index (χ4v) is 4.64. The van der Waals surface area contributed by atoms with Gasteiger partial charge in [-0.15, -0.1) is 0 Å². The lowest BCUT2D eigenvalue weighted by atomic mass is 10.1. The Morgan fingerprint density at radius 1 is 0.655 bits per heavy atom. The highest BCUT2D eigenvalue weighted by Crippen LogP contribution is 2.24. The second kappa shape index (κ2) is 16.8. The molecule has 0 bridgehead atoms. The third-order valence-electron chi connectivity index (χ3n) is 3.95. The van der Waals surface area contributed by atoms with Gasteiger partial charge in [0.25, 0.3) is 0 Å². The molecule has 0 aromatic carbocycles. The van der Waals surface area contributed by atoms with Crippen LogP contribution in [0.25, 0.3) is 0 Å². The molecule has 1 aromatic rings. The van der Waals surface area contributed by atoms with Crippen LogP contribution in [-0.4, -0.2) is 54.4 Å². The van der Waals surface area contributed by atoms with Crippen LogP contribution in [0.2, 0.25) is 0 Å². The summed E-state index contributed by atoms with van der Waals surface area (Å²) in [7, 11) is 0. The summed E-state index contributed by atoms with van der Waals surface area (Å²) in [5, 5.41) is 18.8. The molecular formula is C19H31N3O4S3. The number of hydrogen-bond donors (Lipinski definition) is 2. The van der Waals surface area contributed by atoms with Gasteiger partial charge in [-0.2, -0.15) is 15.0 Å². The summed E-state index contributed by atoms with van der Waals surface area (Å²) in [4.78, 5) is 34.3. The lowest BCUT2D eigenvalue weighted by molar-refractivity contribution is -0.134. The molecule has 0 amide bonds. The topological polar surface area (TPSA) is 113 Å². The first-order valence-corrected chi connectivity index (χ1v) is 13.0. The van der Waals surface area contributed by atoms with Crippen LogP contribution in [0.3, 0.4) is 0 Å². The smallest absolute Gasteiger partial charge is 0.313 e. The lowest BCUT2D eigenvalue weighted by Gasteiger charge is -2.06. The molecule has 29 heavy (non-hydrogen) atoms. The Kier molecular flexibility index (Phi) is 15.0. The number of nitrogens with zero attached hydrogens (tertiary/aromatic N) is 3. The van der Waals surface area contributed by atoms with Crippen LogP contribution in [0.5, 0.6) is 0 Å². The fraction of sp³-hybridized carbons (Fsp3) is 0.737. The number of unbranched alkanes of at least 4 members (excludes halogenated alkanes) is 9. The molecule has 0 fully saturated rings. The van der Waals surface area contributed by atoms with Crippen molar-refractivity contribution in [3.63, 3.8) is 0 Å². The van der Waals surface area contributed by atoms with E-state index in [0.29, 0.717) is 15.5 Å². The van der Waals surface area contributed by atoms with Crippen molar-refractivity contribution in [2.24, 2.45) is 0 Å². The van der Waals surface area contributed by atoms with Crippen molar-refractivity contribution in [3.8, 4) is 0 Å². The van der Waals surface area contributed by atoms with E-state index in [1.54, 1.807) is 0 Å². The number of carbonyl (C=O) groups is 2. The van der Waals surface area contributed by atoms with E-state index < -0.39 is 11.9 Å². The summed E-state index contributed by atoms with van der Waals surface area (Å²) < 4.78 is 0. The first kappa shape index (κ1) is 26.0. The molecule has 0 saturated heterocycles. The van der Waals surface area contributed by atoms with Crippen molar-refractivity contribution >= 4 is 47.2 Å². The summed E-state index contributed by atoms with van der Waals surface area (Å²) in [5.41, 5.74) is 0. The van der Waals surface area contributed by atoms with Gasteiger partial charge in [-0.3, -0.25) is 9.59 Å². The zero-order valence-corrected chi connectivity index (χ0v) is 19.4. The fourth-order valence-electron chi connectivity index (χ4n) is 2.52. The Balaban J connectivity index is 2.33. The number of hydrogen-bond acceptors (Lipinski definition) is 8. The molecular weight excluding hydrogens is 430 g/mol. The molecule has 2 N–H and O–H groups in total. The molecule has 7 nitrogen and oxygen atoms in total. The highest BCUT2D eigenvalue weighted by molar-refractivity contribution is 8.00. The minimum Gasteiger partial charge on any atom is -0.481 e. The van der Waals surface area contributed by atoms with Crippen LogP contribution >= 0.6 is 35.3 Å². The molecule has 0 aliphatic rings. The Morgan fingerprint density at radius 2 is 1.03 bits per heavy atom. The van der Waals surface area contributed by atoms with E-state index in [1.165, 1.54) is 69.5 Å². The summed E-state index contributed by atoms with van der Waals surface area (Å²) in [5.74, 6) is -1.30. The maximum atomic E-state index is 10.8. The minimum absolute atomic E-state index is 0.143. The van der Waals surface area contributed by atoms with E-state index in [4.69, 9.17) is 10.2 Å². The van der Waals surface area contributed by atoms with Crippen molar-refractivity contribution in [2.75, 3.05) is 17.3 Å². The Morgan fingerprint density at radius 3 is 1.45 bits per heavy atom. The van der Waals surface area contributed by atoms with Gasteiger partial charge in [0.15, 0.2) is 15.5 Å². The Labute approximate surface area is 185 Å². The second-order valence-corrected chi connectivity index (χ2v) is 9.53. The van der Waals surface area contributed by atoms with E-state index in [-0.39, 0.29) is 11.5 Å². The minimum atomic E-state index is -0.949. The van der Waals surface area contributed by atoms with Crippen LogP contribution in [0.15, 0.2) is 15.5 Å². The van der Waals surface area contributed by atoms with Crippen LogP contribution in [0.1, 0.15) is 71.1 Å². The van der Waals surface area contributed by atoms with Crippen LogP contribution in [0.4, 0.5) is 0 Å². The molecule has 0 radical (unpaired) electrons. The first-order valence-electron chi connectivity index (χ1n) is 10.1. The zero-order valence-electron chi connectivity index (χ0n) is 17.0. The average Bonchev–Trinajstić information content (AvgIpc) is 2.69. The number of carboxylic acid groups (broad SMARTS) is 2.